The van der Waals surface area contributed by atoms with Gasteiger partial charge in [-0.3, -0.25) is 0 Å². The normalized spacial score (nSPS) is 4.78. The van der Waals surface area contributed by atoms with Crippen molar-refractivity contribution in [2.75, 3.05) is 0 Å². The number of hydrogen-bond donors (Lipinski definition) is 3. The standard InChI is InChI=1S/C2H4.Li.HNO3.2H3N/c1-2;;2-1(3)4;;/h1-2H2;;(H,2,3,4);2*1H3. The molecule has 0 aromatic rings. The molecule has 0 atom stereocenters. The monoisotopic (exact) mass is 132 g/mol. The second-order valence-corrected chi connectivity index (χ2v) is 0.738. The molecule has 0 aliphatic rings. The molecule has 6 nitrogen and oxygen atoms in total. The minimum absolute atomic E-state index is 0. The third kappa shape index (κ3) is 3160. The van der Waals surface area contributed by atoms with Crippen LogP contribution in [0.25, 0.3) is 0 Å². The molecule has 0 aromatic heterocycles. The summed E-state index contributed by atoms with van der Waals surface area (Å²) >= 11 is 2.01. The minimum atomic E-state index is -1.50. The number of hydrogen-bond acceptors (Lipinski definition) is 4. The molecule has 0 heterocycles. The fourth-order valence-electron chi connectivity index (χ4n) is 0. The first-order valence-corrected chi connectivity index (χ1v) is 1.77. The van der Waals surface area contributed by atoms with E-state index >= 15 is 0 Å². The molecule has 0 rings (SSSR count). The van der Waals surface area contributed by atoms with Gasteiger partial charge in [0.15, 0.2) is 0 Å². The molecule has 0 fully saturated rings. The molecule has 53 valence electrons. The predicted octanol–water partition coefficient (Wildman–Crippen LogP) is 0.384. The Labute approximate surface area is 63.1 Å². The third-order valence-electron chi connectivity index (χ3n) is 0. The van der Waals surface area contributed by atoms with Crippen LogP contribution in [0.3, 0.4) is 0 Å². The molecule has 7 heteroatoms. The van der Waals surface area contributed by atoms with Gasteiger partial charge >= 0.3 is 29.7 Å². The molecular formula is C2H11LiN3O3. The van der Waals surface area contributed by atoms with E-state index in [1.807, 2.05) is 17.7 Å². The summed E-state index contributed by atoms with van der Waals surface area (Å²) in [5.41, 5.74) is 0. The zero-order valence-corrected chi connectivity index (χ0v) is 5.54. The fourth-order valence-corrected chi connectivity index (χ4v) is 0. The van der Waals surface area contributed by atoms with Crippen LogP contribution in [0.1, 0.15) is 0 Å². The van der Waals surface area contributed by atoms with Gasteiger partial charge in [-0.25, -0.2) is 0 Å². The SMILES string of the molecule is N.N.O=[N+]([O-])O.[Li][CH2][CH2]. The van der Waals surface area contributed by atoms with E-state index in [1.54, 1.807) is 0 Å². The molecule has 0 amide bonds. The summed E-state index contributed by atoms with van der Waals surface area (Å²) in [4.78, 5) is 8.36. The summed E-state index contributed by atoms with van der Waals surface area (Å²) in [6.45, 7) is 3.49. The average molecular weight is 132 g/mol. The third-order valence-corrected chi connectivity index (χ3v) is 0. The van der Waals surface area contributed by atoms with E-state index in [9.17, 15) is 0 Å². The van der Waals surface area contributed by atoms with Crippen molar-refractivity contribution < 1.29 is 10.3 Å². The molecule has 0 aliphatic carbocycles. The number of rotatable bonds is 0. The van der Waals surface area contributed by atoms with Crippen LogP contribution in [0.5, 0.6) is 0 Å². The molecule has 0 saturated heterocycles. The average Bonchev–Trinajstić information content (AvgIpc) is 1.33. The first kappa shape index (κ1) is 23.3. The van der Waals surface area contributed by atoms with Gasteiger partial charge in [0.1, 0.15) is 0 Å². The van der Waals surface area contributed by atoms with Crippen LogP contribution in [0.15, 0.2) is 0 Å². The van der Waals surface area contributed by atoms with Crippen LogP contribution in [0, 0.1) is 17.0 Å². The maximum absolute atomic E-state index is 8.36. The second kappa shape index (κ2) is 25.2. The second-order valence-electron chi connectivity index (χ2n) is 0.738. The summed E-state index contributed by atoms with van der Waals surface area (Å²) in [7, 11) is 0. The van der Waals surface area contributed by atoms with Crippen LogP contribution in [0.4, 0.5) is 0 Å². The Bertz CT molecular complexity index is 48.3. The quantitative estimate of drug-likeness (QED) is 0.249. The van der Waals surface area contributed by atoms with E-state index in [0.717, 1.165) is 5.09 Å². The Morgan fingerprint density at radius 1 is 1.67 bits per heavy atom. The van der Waals surface area contributed by atoms with Gasteiger partial charge in [-0.2, -0.15) is 0 Å². The Hall–Kier alpha value is -0.283. The molecule has 9 heavy (non-hydrogen) atoms. The summed E-state index contributed by atoms with van der Waals surface area (Å²) < 4.78 is 0. The molecule has 0 unspecified atom stereocenters. The Balaban J connectivity index is -0.0000000233. The van der Waals surface area contributed by atoms with Gasteiger partial charge in [-0.05, 0) is 0 Å². The van der Waals surface area contributed by atoms with Crippen molar-refractivity contribution in [3.05, 3.63) is 17.0 Å². The molecule has 0 saturated carbocycles. The van der Waals surface area contributed by atoms with Gasteiger partial charge < -0.3 is 17.5 Å². The molecule has 1 radical (unpaired) electrons. The molecule has 7 N–H and O–H groups in total. The molecular weight excluding hydrogens is 121 g/mol. The van der Waals surface area contributed by atoms with Crippen molar-refractivity contribution in [1.82, 2.24) is 12.3 Å². The fraction of sp³-hybridized carbons (Fsp3) is 0.500. The van der Waals surface area contributed by atoms with E-state index in [-0.39, 0.29) is 12.3 Å². The van der Waals surface area contributed by atoms with Crippen LogP contribution >= 0.6 is 0 Å². The van der Waals surface area contributed by atoms with E-state index in [1.165, 1.54) is 0 Å². The van der Waals surface area contributed by atoms with Gasteiger partial charge in [0.25, 0.3) is 5.09 Å². The van der Waals surface area contributed by atoms with E-state index < -0.39 is 5.09 Å². The first-order chi connectivity index (χ1) is 3.15. The Kier molecular flexibility index (Phi) is 65.3. The van der Waals surface area contributed by atoms with Crippen molar-refractivity contribution in [2.45, 2.75) is 5.09 Å². The van der Waals surface area contributed by atoms with Crippen molar-refractivity contribution in [2.24, 2.45) is 0 Å². The van der Waals surface area contributed by atoms with Crippen LogP contribution < -0.4 is 12.3 Å². The topological polar surface area (TPSA) is 133 Å². The summed E-state index contributed by atoms with van der Waals surface area (Å²) in [5, 5.41) is 14.6. The van der Waals surface area contributed by atoms with Crippen LogP contribution in [0.2, 0.25) is 5.09 Å². The van der Waals surface area contributed by atoms with Gasteiger partial charge in [0, 0.05) is 0 Å². The van der Waals surface area contributed by atoms with Gasteiger partial charge in [0.05, 0.1) is 0 Å². The van der Waals surface area contributed by atoms with E-state index in [4.69, 9.17) is 15.3 Å². The van der Waals surface area contributed by atoms with Crippen LogP contribution in [-0.2, 0) is 0 Å². The van der Waals surface area contributed by atoms with Crippen LogP contribution in [-0.4, -0.2) is 28.0 Å². The predicted molar refractivity (Wildman–Crippen MR) is 34.7 cm³/mol. The van der Waals surface area contributed by atoms with Gasteiger partial charge in [0.2, 0.25) is 0 Å². The molecule has 0 aliphatic heterocycles. The summed E-state index contributed by atoms with van der Waals surface area (Å²) in [5.74, 6) is 0. The zero-order valence-electron chi connectivity index (χ0n) is 5.54. The molecule has 0 spiro atoms. The number of nitrogens with zero attached hydrogens (tertiary/aromatic N) is 1. The summed E-state index contributed by atoms with van der Waals surface area (Å²) in [6, 6.07) is 0. The van der Waals surface area contributed by atoms with Crippen molar-refractivity contribution in [3.63, 3.8) is 0 Å². The van der Waals surface area contributed by atoms with Gasteiger partial charge in [-0.15, -0.1) is 10.1 Å². The first-order valence-electron chi connectivity index (χ1n) is 1.77. The van der Waals surface area contributed by atoms with Crippen molar-refractivity contribution >= 4 is 17.7 Å². The Morgan fingerprint density at radius 3 is 1.67 bits per heavy atom. The van der Waals surface area contributed by atoms with Crippen molar-refractivity contribution in [1.29, 1.82) is 0 Å². The van der Waals surface area contributed by atoms with E-state index in [2.05, 4.69) is 6.92 Å². The van der Waals surface area contributed by atoms with Gasteiger partial charge in [-0.1, -0.05) is 0 Å². The zero-order chi connectivity index (χ0) is 6.28. The maximum atomic E-state index is 8.36. The molecule has 0 aromatic carbocycles. The van der Waals surface area contributed by atoms with Crippen molar-refractivity contribution in [3.8, 4) is 0 Å². The molecule has 0 bridgehead atoms. The van der Waals surface area contributed by atoms with E-state index in [0.29, 0.717) is 0 Å². The summed E-state index contributed by atoms with van der Waals surface area (Å²) in [6.07, 6.45) is 0. The Morgan fingerprint density at radius 2 is 1.67 bits per heavy atom.